The van der Waals surface area contributed by atoms with Crippen LogP contribution in [0.2, 0.25) is 0 Å². The average molecular weight is 250 g/mol. The molecule has 18 heavy (non-hydrogen) atoms. The fraction of sp³-hybridized carbons (Fsp3) is 0.600. The van der Waals surface area contributed by atoms with E-state index in [4.69, 9.17) is 4.74 Å². The summed E-state index contributed by atoms with van der Waals surface area (Å²) in [7, 11) is 0. The molecule has 0 spiro atoms. The lowest BCUT2D eigenvalue weighted by molar-refractivity contribution is 0.115. The van der Waals surface area contributed by atoms with E-state index in [1.165, 1.54) is 5.56 Å². The van der Waals surface area contributed by atoms with Crippen molar-refractivity contribution in [3.63, 3.8) is 0 Å². The van der Waals surface area contributed by atoms with E-state index in [1.54, 1.807) is 0 Å². The van der Waals surface area contributed by atoms with Gasteiger partial charge in [0.05, 0.1) is 6.61 Å². The SMILES string of the molecule is CCOCCN(CC)CCNCc1ccccc1. The summed E-state index contributed by atoms with van der Waals surface area (Å²) < 4.78 is 5.38. The molecule has 3 heteroatoms. The van der Waals surface area contributed by atoms with Gasteiger partial charge < -0.3 is 15.0 Å². The van der Waals surface area contributed by atoms with Gasteiger partial charge in [0.1, 0.15) is 0 Å². The minimum absolute atomic E-state index is 0.809. The first kappa shape index (κ1) is 15.2. The van der Waals surface area contributed by atoms with Gasteiger partial charge in [-0.3, -0.25) is 0 Å². The molecule has 1 aromatic carbocycles. The van der Waals surface area contributed by atoms with Crippen LogP contribution in [0.3, 0.4) is 0 Å². The second-order valence-electron chi connectivity index (χ2n) is 4.29. The molecule has 0 saturated carbocycles. The maximum Gasteiger partial charge on any atom is 0.0593 e. The number of nitrogens with zero attached hydrogens (tertiary/aromatic N) is 1. The highest BCUT2D eigenvalue weighted by atomic mass is 16.5. The van der Waals surface area contributed by atoms with Crippen molar-refractivity contribution in [3.8, 4) is 0 Å². The van der Waals surface area contributed by atoms with Crippen molar-refractivity contribution in [3.05, 3.63) is 35.9 Å². The second kappa shape index (κ2) is 10.1. The van der Waals surface area contributed by atoms with Gasteiger partial charge in [-0.25, -0.2) is 0 Å². The third kappa shape index (κ3) is 6.74. The number of ether oxygens (including phenoxy) is 1. The Kier molecular flexibility index (Phi) is 8.47. The molecule has 0 amide bonds. The van der Waals surface area contributed by atoms with Crippen molar-refractivity contribution in [2.45, 2.75) is 20.4 Å². The molecule has 0 heterocycles. The van der Waals surface area contributed by atoms with Gasteiger partial charge in [-0.05, 0) is 19.0 Å². The Morgan fingerprint density at radius 1 is 1.11 bits per heavy atom. The zero-order chi connectivity index (χ0) is 13.1. The number of likely N-dealkylation sites (N-methyl/N-ethyl adjacent to an activating group) is 1. The molecule has 0 unspecified atom stereocenters. The summed E-state index contributed by atoms with van der Waals surface area (Å²) in [6.07, 6.45) is 0. The molecule has 0 aliphatic carbocycles. The molecule has 0 aliphatic heterocycles. The molecule has 0 saturated heterocycles. The zero-order valence-electron chi connectivity index (χ0n) is 11.7. The van der Waals surface area contributed by atoms with Crippen LogP contribution in [0.25, 0.3) is 0 Å². The van der Waals surface area contributed by atoms with Crippen LogP contribution >= 0.6 is 0 Å². The van der Waals surface area contributed by atoms with Crippen molar-refractivity contribution < 1.29 is 4.74 Å². The van der Waals surface area contributed by atoms with Gasteiger partial charge in [0.2, 0.25) is 0 Å². The topological polar surface area (TPSA) is 24.5 Å². The van der Waals surface area contributed by atoms with Crippen molar-refractivity contribution >= 4 is 0 Å². The highest BCUT2D eigenvalue weighted by Crippen LogP contribution is 1.96. The molecule has 0 bridgehead atoms. The average Bonchev–Trinajstić information content (AvgIpc) is 2.43. The molecule has 1 rings (SSSR count). The molecule has 0 radical (unpaired) electrons. The quantitative estimate of drug-likeness (QED) is 0.644. The molecule has 3 nitrogen and oxygen atoms in total. The first-order valence-electron chi connectivity index (χ1n) is 6.91. The summed E-state index contributed by atoms with van der Waals surface area (Å²) in [5.74, 6) is 0. The van der Waals surface area contributed by atoms with Crippen LogP contribution in [0.1, 0.15) is 19.4 Å². The molecule has 0 fully saturated rings. The Bertz CT molecular complexity index is 290. The molecular formula is C15H26N2O. The lowest BCUT2D eigenvalue weighted by atomic mass is 10.2. The van der Waals surface area contributed by atoms with Crippen LogP contribution in [-0.2, 0) is 11.3 Å². The number of nitrogens with one attached hydrogen (secondary N) is 1. The summed E-state index contributed by atoms with van der Waals surface area (Å²) in [5.41, 5.74) is 1.34. The van der Waals surface area contributed by atoms with Crippen molar-refractivity contribution in [1.82, 2.24) is 10.2 Å². The van der Waals surface area contributed by atoms with E-state index in [0.717, 1.165) is 45.9 Å². The standard InChI is InChI=1S/C15H26N2O/c1-3-17(12-13-18-4-2)11-10-16-14-15-8-6-5-7-9-15/h5-9,16H,3-4,10-14H2,1-2H3. The van der Waals surface area contributed by atoms with Gasteiger partial charge >= 0.3 is 0 Å². The minimum Gasteiger partial charge on any atom is -0.380 e. The summed E-state index contributed by atoms with van der Waals surface area (Å²) >= 11 is 0. The lowest BCUT2D eigenvalue weighted by Gasteiger charge is -2.20. The fourth-order valence-corrected chi connectivity index (χ4v) is 1.83. The van der Waals surface area contributed by atoms with Crippen LogP contribution in [-0.4, -0.2) is 44.3 Å². The van der Waals surface area contributed by atoms with E-state index in [9.17, 15) is 0 Å². The van der Waals surface area contributed by atoms with Crippen LogP contribution in [0.15, 0.2) is 30.3 Å². The Balaban J connectivity index is 2.08. The van der Waals surface area contributed by atoms with Crippen LogP contribution < -0.4 is 5.32 Å². The summed E-state index contributed by atoms with van der Waals surface area (Å²) in [5, 5.41) is 3.47. The summed E-state index contributed by atoms with van der Waals surface area (Å²) in [6, 6.07) is 10.5. The van der Waals surface area contributed by atoms with Gasteiger partial charge in [0.15, 0.2) is 0 Å². The first-order valence-corrected chi connectivity index (χ1v) is 6.91. The zero-order valence-corrected chi connectivity index (χ0v) is 11.7. The van der Waals surface area contributed by atoms with E-state index >= 15 is 0 Å². The molecule has 102 valence electrons. The third-order valence-electron chi connectivity index (χ3n) is 2.98. The van der Waals surface area contributed by atoms with Gasteiger partial charge in [0, 0.05) is 32.8 Å². The van der Waals surface area contributed by atoms with Crippen molar-refractivity contribution in [2.75, 3.05) is 39.4 Å². The predicted molar refractivity (Wildman–Crippen MR) is 76.8 cm³/mol. The minimum atomic E-state index is 0.809. The maximum atomic E-state index is 5.38. The number of rotatable bonds is 10. The monoisotopic (exact) mass is 250 g/mol. The van der Waals surface area contributed by atoms with Crippen LogP contribution in [0, 0.1) is 0 Å². The largest absolute Gasteiger partial charge is 0.380 e. The van der Waals surface area contributed by atoms with E-state index < -0.39 is 0 Å². The molecule has 0 aromatic heterocycles. The second-order valence-corrected chi connectivity index (χ2v) is 4.29. The number of benzene rings is 1. The normalized spacial score (nSPS) is 11.1. The third-order valence-corrected chi connectivity index (χ3v) is 2.98. The number of hydrogen-bond acceptors (Lipinski definition) is 3. The fourth-order valence-electron chi connectivity index (χ4n) is 1.83. The molecule has 0 atom stereocenters. The Labute approximate surface area is 111 Å². The van der Waals surface area contributed by atoms with Gasteiger partial charge in [-0.1, -0.05) is 37.3 Å². The van der Waals surface area contributed by atoms with E-state index in [0.29, 0.717) is 0 Å². The Morgan fingerprint density at radius 3 is 2.56 bits per heavy atom. The number of hydrogen-bond donors (Lipinski definition) is 1. The Morgan fingerprint density at radius 2 is 1.89 bits per heavy atom. The Hall–Kier alpha value is -0.900. The highest BCUT2D eigenvalue weighted by molar-refractivity contribution is 5.14. The van der Waals surface area contributed by atoms with Crippen molar-refractivity contribution in [2.24, 2.45) is 0 Å². The van der Waals surface area contributed by atoms with E-state index in [2.05, 4.69) is 47.5 Å². The van der Waals surface area contributed by atoms with Gasteiger partial charge in [-0.2, -0.15) is 0 Å². The molecule has 1 N–H and O–H groups in total. The highest BCUT2D eigenvalue weighted by Gasteiger charge is 2.01. The summed E-state index contributed by atoms with van der Waals surface area (Å²) in [4.78, 5) is 2.41. The maximum absolute atomic E-state index is 5.38. The van der Waals surface area contributed by atoms with Crippen LogP contribution in [0.4, 0.5) is 0 Å². The van der Waals surface area contributed by atoms with Crippen LogP contribution in [0.5, 0.6) is 0 Å². The smallest absolute Gasteiger partial charge is 0.0593 e. The predicted octanol–water partition coefficient (Wildman–Crippen LogP) is 2.13. The van der Waals surface area contributed by atoms with E-state index in [-0.39, 0.29) is 0 Å². The molecule has 1 aromatic rings. The molecular weight excluding hydrogens is 224 g/mol. The van der Waals surface area contributed by atoms with Gasteiger partial charge in [-0.15, -0.1) is 0 Å². The molecule has 0 aliphatic rings. The lowest BCUT2D eigenvalue weighted by Crippen LogP contribution is -2.34. The van der Waals surface area contributed by atoms with Crippen molar-refractivity contribution in [1.29, 1.82) is 0 Å². The van der Waals surface area contributed by atoms with Gasteiger partial charge in [0.25, 0.3) is 0 Å². The summed E-state index contributed by atoms with van der Waals surface area (Å²) in [6.45, 7) is 11.0. The first-order chi connectivity index (χ1) is 8.86. The van der Waals surface area contributed by atoms with E-state index in [1.807, 2.05) is 6.92 Å².